The third kappa shape index (κ3) is 18.6. The minimum absolute atomic E-state index is 0.0544. The fourth-order valence-electron chi connectivity index (χ4n) is 7.44. The van der Waals surface area contributed by atoms with E-state index in [1.165, 1.54) is 77.0 Å². The fourth-order valence-corrected chi connectivity index (χ4v) is 7.44. The smallest absolute Gasteiger partial charge is 0.417 e. The molecule has 0 amide bonds. The Bertz CT molecular complexity index is 1640. The number of nitrogens with one attached hydrogen (secondary N) is 1. The molecule has 0 aromatic heterocycles. The average Bonchev–Trinajstić information content (AvgIpc) is 3.18. The van der Waals surface area contributed by atoms with Gasteiger partial charge < -0.3 is 33.8 Å². The van der Waals surface area contributed by atoms with Gasteiger partial charge in [-0.15, -0.1) is 0 Å². The zero-order valence-electron chi connectivity index (χ0n) is 34.8. The van der Waals surface area contributed by atoms with Crippen molar-refractivity contribution in [3.05, 3.63) is 46.8 Å². The molecule has 0 bridgehead atoms. The Morgan fingerprint density at radius 3 is 1.74 bits per heavy atom. The van der Waals surface area contributed by atoms with Crippen LogP contribution in [-0.4, -0.2) is 34.9 Å². The highest BCUT2D eigenvalue weighted by Crippen LogP contribution is 2.43. The van der Waals surface area contributed by atoms with Crippen LogP contribution < -0.4 is 25.6 Å². The van der Waals surface area contributed by atoms with Crippen molar-refractivity contribution in [2.75, 3.05) is 25.5 Å². The molecule has 0 spiro atoms. The molecule has 1 heterocycles. The van der Waals surface area contributed by atoms with Crippen LogP contribution in [-0.2, 0) is 33.1 Å². The van der Waals surface area contributed by atoms with Gasteiger partial charge in [0.2, 0.25) is 5.36 Å². The summed E-state index contributed by atoms with van der Waals surface area (Å²) in [5, 5.41) is 24.8. The normalized spacial score (nSPS) is 12.7. The lowest BCUT2D eigenvalue weighted by Gasteiger charge is -2.24. The molecular weight excluding hydrogens is 758 g/mol. The van der Waals surface area contributed by atoms with E-state index in [2.05, 4.69) is 35.0 Å². The zero-order valence-corrected chi connectivity index (χ0v) is 35.6. The number of rotatable bonds is 28. The maximum Gasteiger partial charge on any atom is 0.417 e. The molecule has 0 fully saturated rings. The topological polar surface area (TPSA) is 141 Å². The van der Waals surface area contributed by atoms with Crippen molar-refractivity contribution in [3.8, 4) is 11.3 Å². The molecule has 9 nitrogen and oxygen atoms in total. The number of hydrogen-bond donors (Lipinski definition) is 1. The first-order chi connectivity index (χ1) is 27.4. The minimum Gasteiger partial charge on any atom is -0.750 e. The summed E-state index contributed by atoms with van der Waals surface area (Å²) >= 11 is -2.88. The number of anilines is 1. The Hall–Kier alpha value is -3.00. The van der Waals surface area contributed by atoms with Gasteiger partial charge in [-0.1, -0.05) is 136 Å². The van der Waals surface area contributed by atoms with Gasteiger partial charge in [-0.25, -0.2) is 8.78 Å². The van der Waals surface area contributed by atoms with Crippen molar-refractivity contribution in [1.82, 2.24) is 4.58 Å². The van der Waals surface area contributed by atoms with Gasteiger partial charge in [-0.3, -0.25) is 0 Å². The molecule has 1 aromatic rings. The number of hydrogen-bond acceptors (Lipinski definition) is 8. The van der Waals surface area contributed by atoms with Gasteiger partial charge in [0.05, 0.1) is 23.0 Å². The lowest BCUT2D eigenvalue weighted by Crippen LogP contribution is -2.33. The number of nitrogens with zero attached hydrogens (tertiary/aromatic N) is 1. The molecule has 57 heavy (non-hydrogen) atoms. The van der Waals surface area contributed by atoms with Crippen LogP contribution in [0.4, 0.5) is 18.9 Å². The Kier molecular flexibility index (Phi) is 25.0. The van der Waals surface area contributed by atoms with Crippen molar-refractivity contribution in [1.29, 1.82) is 0 Å². The molecule has 1 N–H and O–H groups in total. The number of carboxylic acids is 1. The monoisotopic (exact) mass is 824 g/mol. The van der Waals surface area contributed by atoms with Gasteiger partial charge in [0.15, 0.2) is 0 Å². The summed E-state index contributed by atoms with van der Waals surface area (Å²) in [6, 6.07) is 8.34. The van der Waals surface area contributed by atoms with Crippen LogP contribution in [0.25, 0.3) is 22.3 Å². The highest BCUT2D eigenvalue weighted by Gasteiger charge is 2.36. The number of carboxylic acid groups (broad SMARTS) is 1. The Morgan fingerprint density at radius 2 is 1.30 bits per heavy atom. The highest BCUT2D eigenvalue weighted by molar-refractivity contribution is 7.73. The molecule has 3 rings (SSSR count). The van der Waals surface area contributed by atoms with Crippen molar-refractivity contribution in [2.24, 2.45) is 5.92 Å². The van der Waals surface area contributed by atoms with E-state index in [4.69, 9.17) is 18.4 Å². The lowest BCUT2D eigenvalue weighted by molar-refractivity contribution is -0.635. The van der Waals surface area contributed by atoms with Crippen molar-refractivity contribution < 1.29 is 45.8 Å². The molecule has 0 radical (unpaired) electrons. The van der Waals surface area contributed by atoms with E-state index in [0.29, 0.717) is 29.7 Å². The summed E-state index contributed by atoms with van der Waals surface area (Å²) in [4.78, 5) is 12.5. The first-order valence-corrected chi connectivity index (χ1v) is 22.4. The summed E-state index contributed by atoms with van der Waals surface area (Å²) < 4.78 is 72.5. The minimum atomic E-state index is -4.66. The van der Waals surface area contributed by atoms with Crippen LogP contribution in [0.15, 0.2) is 34.7 Å². The largest absolute Gasteiger partial charge is 0.750 e. The molecule has 324 valence electrons. The summed E-state index contributed by atoms with van der Waals surface area (Å²) in [6.07, 6.45) is 19.4. The second-order valence-electron chi connectivity index (χ2n) is 15.2. The van der Waals surface area contributed by atoms with Gasteiger partial charge in [-0.05, 0) is 30.5 Å². The summed E-state index contributed by atoms with van der Waals surface area (Å²) in [7, 11) is 1.57. The quantitative estimate of drug-likeness (QED) is 0.0191. The number of carbonyl (C=O) groups excluding carboxylic acids is 1. The van der Waals surface area contributed by atoms with Gasteiger partial charge in [0.25, 0.3) is 0 Å². The number of unbranched alkanes of at least 4 members (excludes halogenated alkanes) is 17. The maximum absolute atomic E-state index is 14.6. The molecule has 1 aliphatic carbocycles. The second-order valence-corrected chi connectivity index (χ2v) is 15.7. The average molecular weight is 825 g/mol. The summed E-state index contributed by atoms with van der Waals surface area (Å²) in [5.41, 5.74) is 0.417. The maximum atomic E-state index is 14.6. The highest BCUT2D eigenvalue weighted by atomic mass is 32.2. The van der Waals surface area contributed by atoms with Crippen LogP contribution in [0.2, 0.25) is 0 Å². The van der Waals surface area contributed by atoms with E-state index < -0.39 is 35.0 Å². The summed E-state index contributed by atoms with van der Waals surface area (Å²) in [5.74, 6) is -1.67. The van der Waals surface area contributed by atoms with E-state index in [-0.39, 0.29) is 23.1 Å². The molecule has 2 atom stereocenters. The molecule has 2 aliphatic rings. The van der Waals surface area contributed by atoms with Crippen molar-refractivity contribution in [2.45, 2.75) is 168 Å². The number of fused-ring (bicyclic) bond motifs is 2. The molecule has 0 saturated heterocycles. The third-order valence-electron chi connectivity index (χ3n) is 10.7. The van der Waals surface area contributed by atoms with E-state index >= 15 is 0 Å². The zero-order chi connectivity index (χ0) is 42.1. The predicted molar refractivity (Wildman–Crippen MR) is 219 cm³/mol. The van der Waals surface area contributed by atoms with Crippen LogP contribution in [0, 0.1) is 5.92 Å². The third-order valence-corrected chi connectivity index (χ3v) is 10.8. The van der Waals surface area contributed by atoms with Crippen LogP contribution >= 0.6 is 0 Å². The lowest BCUT2D eigenvalue weighted by atomic mass is 9.87. The molecule has 13 heteroatoms. The van der Waals surface area contributed by atoms with Gasteiger partial charge >= 0.3 is 6.18 Å². The Balaban J connectivity index is 0.00000210. The Morgan fingerprint density at radius 1 is 0.807 bits per heavy atom. The van der Waals surface area contributed by atoms with Crippen LogP contribution in [0.5, 0.6) is 0 Å². The first kappa shape index (κ1) is 50.1. The van der Waals surface area contributed by atoms with Crippen molar-refractivity contribution >= 4 is 34.0 Å². The molecular formula is C44H67F3N2O7S-2. The molecule has 1 aliphatic heterocycles. The molecule has 2 unspecified atom stereocenters. The fraction of sp³-hybridized carbons (Fsp3) is 0.682. The van der Waals surface area contributed by atoms with E-state index in [1.54, 1.807) is 13.1 Å². The second kappa shape index (κ2) is 28.4. The number of halogens is 3. The van der Waals surface area contributed by atoms with Crippen LogP contribution in [0.3, 0.4) is 0 Å². The van der Waals surface area contributed by atoms with Gasteiger partial charge in [0, 0.05) is 60.5 Å². The standard InChI is InChI=1S/C44H67F3N2O3.H2O4S/c1-5-8-11-12-13-14-15-16-17-18-19-20-21-22-23-24-25-34(43(50)51)30-38-37-27-26-36(49(28-9-6-2)29-10-7-3)33-40(37)52-41-32-35(48-4)31-39(42(38)41)44(45,46)47;1-4-5(2)3/h26-27,31-34H,5-25,28-30H2,1-4H3,(H,50,51);1H,(H,2,3)/p-2. The van der Waals surface area contributed by atoms with Crippen molar-refractivity contribution in [3.63, 3.8) is 0 Å². The predicted octanol–water partition coefficient (Wildman–Crippen LogP) is 9.60. The molecule has 1 aromatic carbocycles. The van der Waals surface area contributed by atoms with E-state index in [0.717, 1.165) is 69.5 Å². The van der Waals surface area contributed by atoms with Crippen LogP contribution in [0.1, 0.15) is 167 Å². The number of carbonyl (C=O) groups is 1. The molecule has 0 saturated carbocycles. The van der Waals surface area contributed by atoms with E-state index in [1.807, 2.05) is 18.2 Å². The summed E-state index contributed by atoms with van der Waals surface area (Å²) in [6.45, 7) is 8.30. The Labute approximate surface area is 341 Å². The van der Waals surface area contributed by atoms with Gasteiger partial charge in [0.1, 0.15) is 24.4 Å². The number of aliphatic carboxylic acids is 1. The SMILES string of the molecule is CCCCCCCCCCCCCCCCCCC(Cc1c2ccc(=[N+](CCCC)CCCC)cc-2oc2cc(NC)cc(C(F)(F)F)c12)C(=O)[O-].O=S([O-])O[O-]. The number of alkyl halides is 3. The first-order valence-electron chi connectivity index (χ1n) is 21.4. The van der Waals surface area contributed by atoms with E-state index in [9.17, 15) is 23.1 Å². The van der Waals surface area contributed by atoms with Gasteiger partial charge in [-0.2, -0.15) is 13.2 Å². The number of benzene rings is 2.